The van der Waals surface area contributed by atoms with Gasteiger partial charge < -0.3 is 0 Å². The van der Waals surface area contributed by atoms with Gasteiger partial charge in [-0.1, -0.05) is 6.92 Å². The molecule has 0 N–H and O–H groups in total. The minimum Gasteiger partial charge on any atom is -0.207 e. The maximum Gasteiger partial charge on any atom is 0.126 e. The molecular formula is C10H12F2S. The zero-order valence-electron chi connectivity index (χ0n) is 7.52. The molecule has 0 radical (unpaired) electrons. The zero-order valence-corrected chi connectivity index (χ0v) is 8.33. The molecule has 0 bridgehead atoms. The fourth-order valence-corrected chi connectivity index (χ4v) is 1.76. The second kappa shape index (κ2) is 5.22. The van der Waals surface area contributed by atoms with E-state index in [2.05, 4.69) is 6.92 Å². The number of hydrogen-bond donors (Lipinski definition) is 0. The second-order valence-corrected chi connectivity index (χ2v) is 4.12. The van der Waals surface area contributed by atoms with Crippen LogP contribution in [0.4, 0.5) is 8.78 Å². The van der Waals surface area contributed by atoms with E-state index in [1.807, 2.05) is 0 Å². The van der Waals surface area contributed by atoms with Crippen LogP contribution in [-0.2, 0) is 6.42 Å². The molecular weight excluding hydrogens is 190 g/mol. The van der Waals surface area contributed by atoms with E-state index in [1.54, 1.807) is 11.8 Å². The van der Waals surface area contributed by atoms with Crippen molar-refractivity contribution in [3.63, 3.8) is 0 Å². The molecule has 0 aliphatic heterocycles. The summed E-state index contributed by atoms with van der Waals surface area (Å²) in [6, 6.07) is 3.68. The molecule has 0 amide bonds. The molecule has 1 rings (SSSR count). The Balaban J connectivity index is 2.56. The van der Waals surface area contributed by atoms with E-state index in [-0.39, 0.29) is 0 Å². The highest BCUT2D eigenvalue weighted by Crippen LogP contribution is 2.11. The van der Waals surface area contributed by atoms with Crippen molar-refractivity contribution in [3.05, 3.63) is 35.4 Å². The number of halogens is 2. The first-order chi connectivity index (χ1) is 6.22. The molecule has 0 aliphatic carbocycles. The molecule has 0 unspecified atom stereocenters. The average Bonchev–Trinajstić information content (AvgIpc) is 2.03. The summed E-state index contributed by atoms with van der Waals surface area (Å²) in [5, 5.41) is 0. The van der Waals surface area contributed by atoms with E-state index < -0.39 is 11.6 Å². The summed E-state index contributed by atoms with van der Waals surface area (Å²) >= 11 is 1.77. The van der Waals surface area contributed by atoms with Crippen molar-refractivity contribution < 1.29 is 8.78 Å². The van der Waals surface area contributed by atoms with Crippen LogP contribution >= 0.6 is 11.8 Å². The summed E-state index contributed by atoms with van der Waals surface area (Å²) in [6.07, 6.45) is 0.729. The van der Waals surface area contributed by atoms with Gasteiger partial charge in [-0.25, -0.2) is 8.78 Å². The van der Waals surface area contributed by atoms with Gasteiger partial charge in [0.2, 0.25) is 0 Å². The Kier molecular flexibility index (Phi) is 4.22. The topological polar surface area (TPSA) is 0 Å². The predicted octanol–water partition coefficient (Wildman–Crippen LogP) is 3.26. The summed E-state index contributed by atoms with van der Waals surface area (Å²) < 4.78 is 25.4. The summed E-state index contributed by atoms with van der Waals surface area (Å²) in [5.41, 5.74) is 0.735. The van der Waals surface area contributed by atoms with Crippen LogP contribution in [0.5, 0.6) is 0 Å². The van der Waals surface area contributed by atoms with Gasteiger partial charge in [0, 0.05) is 6.07 Å². The van der Waals surface area contributed by atoms with Crippen LogP contribution < -0.4 is 0 Å². The molecule has 1 aromatic rings. The van der Waals surface area contributed by atoms with Gasteiger partial charge in [-0.2, -0.15) is 11.8 Å². The van der Waals surface area contributed by atoms with E-state index in [4.69, 9.17) is 0 Å². The van der Waals surface area contributed by atoms with Crippen molar-refractivity contribution in [2.45, 2.75) is 13.3 Å². The lowest BCUT2D eigenvalue weighted by atomic mass is 10.2. The van der Waals surface area contributed by atoms with E-state index in [1.165, 1.54) is 12.1 Å². The van der Waals surface area contributed by atoms with Crippen molar-refractivity contribution >= 4 is 11.8 Å². The Hall–Kier alpha value is -0.570. The van der Waals surface area contributed by atoms with Crippen LogP contribution in [0.3, 0.4) is 0 Å². The van der Waals surface area contributed by atoms with E-state index in [0.29, 0.717) is 0 Å². The smallest absolute Gasteiger partial charge is 0.126 e. The minimum atomic E-state index is -0.489. The third-order valence-corrected chi connectivity index (χ3v) is 2.56. The second-order valence-electron chi connectivity index (χ2n) is 2.72. The quantitative estimate of drug-likeness (QED) is 0.675. The van der Waals surface area contributed by atoms with Gasteiger partial charge in [0.25, 0.3) is 0 Å². The lowest BCUT2D eigenvalue weighted by molar-refractivity contribution is 0.580. The number of thioether (sulfide) groups is 1. The maximum absolute atomic E-state index is 12.7. The van der Waals surface area contributed by atoms with E-state index >= 15 is 0 Å². The van der Waals surface area contributed by atoms with Gasteiger partial charge in [-0.05, 0) is 35.6 Å². The van der Waals surface area contributed by atoms with Crippen LogP contribution in [0.2, 0.25) is 0 Å². The number of hydrogen-bond acceptors (Lipinski definition) is 1. The number of benzene rings is 1. The van der Waals surface area contributed by atoms with Crippen LogP contribution in [-0.4, -0.2) is 11.5 Å². The van der Waals surface area contributed by atoms with Gasteiger partial charge in [0.1, 0.15) is 11.6 Å². The molecule has 0 heterocycles. The van der Waals surface area contributed by atoms with Crippen molar-refractivity contribution in [2.24, 2.45) is 0 Å². The molecule has 0 saturated carbocycles. The number of aryl methyl sites for hydroxylation is 1. The van der Waals surface area contributed by atoms with Crippen LogP contribution in [0.25, 0.3) is 0 Å². The van der Waals surface area contributed by atoms with Crippen LogP contribution in [0, 0.1) is 11.6 Å². The van der Waals surface area contributed by atoms with E-state index in [9.17, 15) is 8.78 Å². The monoisotopic (exact) mass is 202 g/mol. The molecule has 0 aliphatic rings. The molecule has 72 valence electrons. The Labute approximate surface area is 81.3 Å². The zero-order chi connectivity index (χ0) is 9.68. The fourth-order valence-electron chi connectivity index (χ4n) is 1.09. The van der Waals surface area contributed by atoms with Crippen molar-refractivity contribution in [1.29, 1.82) is 0 Å². The van der Waals surface area contributed by atoms with Gasteiger partial charge in [-0.3, -0.25) is 0 Å². The first-order valence-corrected chi connectivity index (χ1v) is 5.40. The molecule has 3 heteroatoms. The number of rotatable bonds is 4. The molecule has 0 nitrogen and oxygen atoms in total. The molecule has 13 heavy (non-hydrogen) atoms. The summed E-state index contributed by atoms with van der Waals surface area (Å²) in [6.45, 7) is 2.07. The molecule has 0 fully saturated rings. The van der Waals surface area contributed by atoms with Gasteiger partial charge in [0.05, 0.1) is 0 Å². The van der Waals surface area contributed by atoms with Gasteiger partial charge in [0.15, 0.2) is 0 Å². The van der Waals surface area contributed by atoms with Crippen LogP contribution in [0.1, 0.15) is 12.5 Å². The van der Waals surface area contributed by atoms with E-state index in [0.717, 1.165) is 29.6 Å². The van der Waals surface area contributed by atoms with Gasteiger partial charge in [-0.15, -0.1) is 0 Å². The molecule has 0 atom stereocenters. The Morgan fingerprint density at radius 1 is 1.15 bits per heavy atom. The summed E-state index contributed by atoms with van der Waals surface area (Å²) in [5.74, 6) is 0.977. The molecule has 0 spiro atoms. The Bertz CT molecular complexity index is 253. The lowest BCUT2D eigenvalue weighted by Gasteiger charge is -2.00. The first kappa shape index (κ1) is 10.5. The highest BCUT2D eigenvalue weighted by atomic mass is 32.2. The molecule has 0 saturated heterocycles. The third-order valence-electron chi connectivity index (χ3n) is 1.66. The average molecular weight is 202 g/mol. The fraction of sp³-hybridized carbons (Fsp3) is 0.400. The Morgan fingerprint density at radius 2 is 1.77 bits per heavy atom. The first-order valence-electron chi connectivity index (χ1n) is 4.25. The summed E-state index contributed by atoms with van der Waals surface area (Å²) in [4.78, 5) is 0. The summed E-state index contributed by atoms with van der Waals surface area (Å²) in [7, 11) is 0. The Morgan fingerprint density at radius 3 is 2.31 bits per heavy atom. The highest BCUT2D eigenvalue weighted by molar-refractivity contribution is 7.99. The predicted molar refractivity (Wildman–Crippen MR) is 53.1 cm³/mol. The van der Waals surface area contributed by atoms with Crippen molar-refractivity contribution in [3.8, 4) is 0 Å². The van der Waals surface area contributed by atoms with Crippen LogP contribution in [0.15, 0.2) is 18.2 Å². The standard InChI is InChI=1S/C10H12F2S/c1-2-13-4-3-8-5-9(11)7-10(12)6-8/h5-7H,2-4H2,1H3. The highest BCUT2D eigenvalue weighted by Gasteiger charge is 1.99. The minimum absolute atomic E-state index is 0.489. The largest absolute Gasteiger partial charge is 0.207 e. The SMILES string of the molecule is CCSCCc1cc(F)cc(F)c1. The normalized spacial score (nSPS) is 10.4. The maximum atomic E-state index is 12.7. The van der Waals surface area contributed by atoms with Crippen molar-refractivity contribution in [1.82, 2.24) is 0 Å². The third kappa shape index (κ3) is 3.77. The lowest BCUT2D eigenvalue weighted by Crippen LogP contribution is -1.91. The molecule has 0 aromatic heterocycles. The van der Waals surface area contributed by atoms with Gasteiger partial charge >= 0.3 is 0 Å². The molecule has 1 aromatic carbocycles. The van der Waals surface area contributed by atoms with Crippen molar-refractivity contribution in [2.75, 3.05) is 11.5 Å².